The fourth-order valence-corrected chi connectivity index (χ4v) is 3.94. The SMILES string of the molecule is CC1Oc2ccccc2OC1C(=O)N1C[C@@H](CN)[C@H](c2ccccc2)C1.Cl. The Bertz CT molecular complexity index is 786. The average molecular weight is 389 g/mol. The van der Waals surface area contributed by atoms with E-state index >= 15 is 0 Å². The first-order valence-corrected chi connectivity index (χ1v) is 9.13. The summed E-state index contributed by atoms with van der Waals surface area (Å²) in [5.74, 6) is 1.81. The second-order valence-corrected chi connectivity index (χ2v) is 7.06. The van der Waals surface area contributed by atoms with Gasteiger partial charge in [0.15, 0.2) is 11.5 Å². The monoisotopic (exact) mass is 388 g/mol. The van der Waals surface area contributed by atoms with Crippen LogP contribution in [0.1, 0.15) is 18.4 Å². The standard InChI is InChI=1S/C21H24N2O3.ClH/c1-14-20(26-19-10-6-5-9-18(19)25-14)21(24)23-12-16(11-22)17(13-23)15-7-3-2-4-8-15;/h2-10,14,16-17,20H,11-13,22H2,1H3;1H/t14?,16-,17+,20?;/m1./s1. The summed E-state index contributed by atoms with van der Waals surface area (Å²) in [7, 11) is 0. The molecule has 144 valence electrons. The molecule has 5 nitrogen and oxygen atoms in total. The van der Waals surface area contributed by atoms with Gasteiger partial charge in [-0.25, -0.2) is 0 Å². The molecule has 2 N–H and O–H groups in total. The number of hydrogen-bond acceptors (Lipinski definition) is 4. The van der Waals surface area contributed by atoms with E-state index in [0.717, 1.165) is 0 Å². The average Bonchev–Trinajstić information content (AvgIpc) is 3.12. The minimum Gasteiger partial charge on any atom is -0.482 e. The quantitative estimate of drug-likeness (QED) is 0.878. The molecule has 4 rings (SSSR count). The molecule has 0 aliphatic carbocycles. The minimum atomic E-state index is -0.627. The maximum atomic E-state index is 13.1. The molecule has 2 aliphatic heterocycles. The zero-order valence-electron chi connectivity index (χ0n) is 15.3. The number of hydrogen-bond donors (Lipinski definition) is 1. The minimum absolute atomic E-state index is 0. The van der Waals surface area contributed by atoms with Gasteiger partial charge >= 0.3 is 0 Å². The Morgan fingerprint density at radius 3 is 2.33 bits per heavy atom. The van der Waals surface area contributed by atoms with Gasteiger partial charge in [0.1, 0.15) is 6.10 Å². The second kappa shape index (κ2) is 8.19. The van der Waals surface area contributed by atoms with Crippen LogP contribution in [0.3, 0.4) is 0 Å². The van der Waals surface area contributed by atoms with Crippen LogP contribution in [0, 0.1) is 5.92 Å². The first-order valence-electron chi connectivity index (χ1n) is 9.13. The zero-order valence-corrected chi connectivity index (χ0v) is 16.1. The van der Waals surface area contributed by atoms with Crippen molar-refractivity contribution >= 4 is 18.3 Å². The third-order valence-electron chi connectivity index (χ3n) is 5.37. The van der Waals surface area contributed by atoms with Gasteiger partial charge in [-0.3, -0.25) is 4.79 Å². The summed E-state index contributed by atoms with van der Waals surface area (Å²) < 4.78 is 11.9. The molecule has 0 spiro atoms. The van der Waals surface area contributed by atoms with Gasteiger partial charge in [-0.2, -0.15) is 0 Å². The number of ether oxygens (including phenoxy) is 2. The second-order valence-electron chi connectivity index (χ2n) is 7.06. The summed E-state index contributed by atoms with van der Waals surface area (Å²) in [6.07, 6.45) is -0.956. The highest BCUT2D eigenvalue weighted by atomic mass is 35.5. The van der Waals surface area contributed by atoms with Crippen molar-refractivity contribution in [2.45, 2.75) is 25.0 Å². The summed E-state index contributed by atoms with van der Waals surface area (Å²) >= 11 is 0. The van der Waals surface area contributed by atoms with Crippen molar-refractivity contribution in [1.82, 2.24) is 4.90 Å². The molecule has 27 heavy (non-hydrogen) atoms. The Morgan fingerprint density at radius 2 is 1.67 bits per heavy atom. The molecule has 0 bridgehead atoms. The van der Waals surface area contributed by atoms with Crippen molar-refractivity contribution in [3.05, 3.63) is 60.2 Å². The van der Waals surface area contributed by atoms with E-state index < -0.39 is 6.10 Å². The number of amides is 1. The van der Waals surface area contributed by atoms with Gasteiger partial charge in [0, 0.05) is 19.0 Å². The fraction of sp³-hybridized carbons (Fsp3) is 0.381. The van der Waals surface area contributed by atoms with Crippen molar-refractivity contribution in [2.24, 2.45) is 11.7 Å². The highest BCUT2D eigenvalue weighted by molar-refractivity contribution is 5.85. The third kappa shape index (κ3) is 3.75. The molecule has 1 saturated heterocycles. The lowest BCUT2D eigenvalue weighted by Crippen LogP contribution is -2.50. The molecular formula is C21H25ClN2O3. The molecule has 4 atom stereocenters. The van der Waals surface area contributed by atoms with Crippen molar-refractivity contribution in [1.29, 1.82) is 0 Å². The van der Waals surface area contributed by atoms with Gasteiger partial charge in [-0.15, -0.1) is 12.4 Å². The highest BCUT2D eigenvalue weighted by Gasteiger charge is 2.42. The normalized spacial score (nSPS) is 26.4. The van der Waals surface area contributed by atoms with Crippen LogP contribution in [0.2, 0.25) is 0 Å². The molecule has 1 fully saturated rings. The maximum absolute atomic E-state index is 13.1. The molecule has 2 aromatic rings. The first kappa shape index (κ1) is 19.5. The molecule has 2 heterocycles. The summed E-state index contributed by atoms with van der Waals surface area (Å²) in [6.45, 7) is 3.76. The van der Waals surface area contributed by atoms with E-state index in [0.29, 0.717) is 31.1 Å². The van der Waals surface area contributed by atoms with Crippen LogP contribution in [-0.4, -0.2) is 42.6 Å². The van der Waals surface area contributed by atoms with E-state index in [2.05, 4.69) is 12.1 Å². The number of nitrogens with two attached hydrogens (primary N) is 1. The Kier molecular flexibility index (Phi) is 5.92. The predicted molar refractivity (Wildman–Crippen MR) is 107 cm³/mol. The lowest BCUT2D eigenvalue weighted by molar-refractivity contribution is -0.143. The smallest absolute Gasteiger partial charge is 0.267 e. The van der Waals surface area contributed by atoms with E-state index in [4.69, 9.17) is 15.2 Å². The van der Waals surface area contributed by atoms with Gasteiger partial charge < -0.3 is 20.1 Å². The molecule has 1 amide bonds. The maximum Gasteiger partial charge on any atom is 0.267 e. The lowest BCUT2D eigenvalue weighted by atomic mass is 9.89. The number of likely N-dealkylation sites (tertiary alicyclic amines) is 1. The van der Waals surface area contributed by atoms with Gasteiger partial charge in [0.2, 0.25) is 6.10 Å². The van der Waals surface area contributed by atoms with Crippen molar-refractivity contribution in [2.75, 3.05) is 19.6 Å². The molecule has 0 aromatic heterocycles. The number of para-hydroxylation sites is 2. The van der Waals surface area contributed by atoms with Crippen molar-refractivity contribution in [3.63, 3.8) is 0 Å². The molecule has 0 saturated carbocycles. The first-order chi connectivity index (χ1) is 12.7. The predicted octanol–water partition coefficient (Wildman–Crippen LogP) is 2.84. The van der Waals surface area contributed by atoms with Crippen molar-refractivity contribution < 1.29 is 14.3 Å². The van der Waals surface area contributed by atoms with Crippen LogP contribution in [-0.2, 0) is 4.79 Å². The number of carbonyl (C=O) groups excluding carboxylic acids is 1. The van der Waals surface area contributed by atoms with Crippen LogP contribution in [0.25, 0.3) is 0 Å². The summed E-state index contributed by atoms with van der Waals surface area (Å²) in [5, 5.41) is 0. The molecule has 0 radical (unpaired) electrons. The highest BCUT2D eigenvalue weighted by Crippen LogP contribution is 2.36. The van der Waals surface area contributed by atoms with Gasteiger partial charge in [0.05, 0.1) is 0 Å². The lowest BCUT2D eigenvalue weighted by Gasteiger charge is -2.33. The fourth-order valence-electron chi connectivity index (χ4n) is 3.94. The zero-order chi connectivity index (χ0) is 18.1. The molecular weight excluding hydrogens is 364 g/mol. The van der Waals surface area contributed by atoms with E-state index in [1.165, 1.54) is 5.56 Å². The third-order valence-corrected chi connectivity index (χ3v) is 5.37. The van der Waals surface area contributed by atoms with Crippen LogP contribution in [0.15, 0.2) is 54.6 Å². The Morgan fingerprint density at radius 1 is 1.04 bits per heavy atom. The van der Waals surface area contributed by atoms with E-state index in [9.17, 15) is 4.79 Å². The Labute approximate surface area is 165 Å². The summed E-state index contributed by atoms with van der Waals surface area (Å²) in [5.41, 5.74) is 7.23. The Balaban J connectivity index is 0.00000210. The topological polar surface area (TPSA) is 64.8 Å². The largest absolute Gasteiger partial charge is 0.482 e. The number of fused-ring (bicyclic) bond motifs is 1. The molecule has 2 unspecified atom stereocenters. The van der Waals surface area contributed by atoms with Crippen LogP contribution in [0.4, 0.5) is 0 Å². The number of benzene rings is 2. The summed E-state index contributed by atoms with van der Waals surface area (Å²) in [6, 6.07) is 17.8. The number of carbonyl (C=O) groups is 1. The number of nitrogens with zero attached hydrogens (tertiary/aromatic N) is 1. The summed E-state index contributed by atoms with van der Waals surface area (Å²) in [4.78, 5) is 15.0. The molecule has 2 aromatic carbocycles. The van der Waals surface area contributed by atoms with E-state index in [-0.39, 0.29) is 36.3 Å². The van der Waals surface area contributed by atoms with Gasteiger partial charge in [0.25, 0.3) is 5.91 Å². The van der Waals surface area contributed by atoms with Crippen LogP contribution >= 0.6 is 12.4 Å². The van der Waals surface area contributed by atoms with E-state index in [1.54, 1.807) is 0 Å². The molecule has 6 heteroatoms. The Hall–Kier alpha value is -2.24. The van der Waals surface area contributed by atoms with Crippen molar-refractivity contribution in [3.8, 4) is 11.5 Å². The molecule has 2 aliphatic rings. The number of rotatable bonds is 3. The number of halogens is 1. The van der Waals surface area contributed by atoms with E-state index in [1.807, 2.05) is 54.3 Å². The van der Waals surface area contributed by atoms with Gasteiger partial charge in [-0.05, 0) is 37.1 Å². The van der Waals surface area contributed by atoms with Gasteiger partial charge in [-0.1, -0.05) is 42.5 Å². The van der Waals surface area contributed by atoms with Crippen LogP contribution in [0.5, 0.6) is 11.5 Å². The van der Waals surface area contributed by atoms with Crippen LogP contribution < -0.4 is 15.2 Å².